The van der Waals surface area contributed by atoms with Crippen molar-refractivity contribution in [1.29, 1.82) is 0 Å². The van der Waals surface area contributed by atoms with Crippen LogP contribution in [0.25, 0.3) is 10.9 Å². The van der Waals surface area contributed by atoms with Crippen molar-refractivity contribution in [2.75, 3.05) is 6.54 Å². The van der Waals surface area contributed by atoms with Gasteiger partial charge in [0, 0.05) is 18.0 Å². The van der Waals surface area contributed by atoms with E-state index in [0.29, 0.717) is 0 Å². The van der Waals surface area contributed by atoms with E-state index >= 15 is 0 Å². The first kappa shape index (κ1) is 13.8. The molecule has 0 amide bonds. The van der Waals surface area contributed by atoms with E-state index < -0.39 is 0 Å². The van der Waals surface area contributed by atoms with Crippen LogP contribution in [0.3, 0.4) is 0 Å². The van der Waals surface area contributed by atoms with Gasteiger partial charge in [-0.05, 0) is 36.4 Å². The molecule has 1 N–H and O–H groups in total. The number of pyridine rings is 1. The van der Waals surface area contributed by atoms with Crippen LogP contribution >= 0.6 is 0 Å². The summed E-state index contributed by atoms with van der Waals surface area (Å²) in [6.07, 6.45) is 2.74. The van der Waals surface area contributed by atoms with Crippen molar-refractivity contribution in [3.8, 4) is 0 Å². The van der Waals surface area contributed by atoms with Crippen LogP contribution in [0.4, 0.5) is 0 Å². The lowest BCUT2D eigenvalue weighted by atomic mass is 10.0. The molecule has 0 spiro atoms. The van der Waals surface area contributed by atoms with E-state index in [9.17, 15) is 0 Å². The van der Waals surface area contributed by atoms with Crippen molar-refractivity contribution in [1.82, 2.24) is 10.3 Å². The van der Waals surface area contributed by atoms with E-state index in [1.165, 1.54) is 5.56 Å². The lowest BCUT2D eigenvalue weighted by molar-refractivity contribution is 0.426. The second-order valence-electron chi connectivity index (χ2n) is 5.10. The molecule has 3 aromatic rings. The molecular weight excluding hydrogens is 260 g/mol. The summed E-state index contributed by atoms with van der Waals surface area (Å²) in [5.41, 5.74) is 2.19. The molecule has 0 saturated carbocycles. The van der Waals surface area contributed by atoms with Gasteiger partial charge in [-0.25, -0.2) is 0 Å². The highest BCUT2D eigenvalue weighted by Crippen LogP contribution is 2.26. The standard InChI is InChI=1S/C18H20N2O/c1-3-15-9-10-17(21-15)18(19-4-2)14-8-7-13-6-5-11-20-16(13)12-14/h5-12,18-19H,3-4H2,1-2H3. The molecule has 0 bridgehead atoms. The van der Waals surface area contributed by atoms with Gasteiger partial charge in [-0.1, -0.05) is 32.0 Å². The zero-order chi connectivity index (χ0) is 14.7. The van der Waals surface area contributed by atoms with Crippen LogP contribution in [0.1, 0.15) is 37.0 Å². The third-order valence-electron chi connectivity index (χ3n) is 3.69. The number of fused-ring (bicyclic) bond motifs is 1. The number of rotatable bonds is 5. The number of hydrogen-bond donors (Lipinski definition) is 1. The lowest BCUT2D eigenvalue weighted by Crippen LogP contribution is -2.21. The molecule has 2 heterocycles. The van der Waals surface area contributed by atoms with E-state index in [2.05, 4.69) is 60.5 Å². The molecule has 1 aromatic carbocycles. The van der Waals surface area contributed by atoms with E-state index in [0.717, 1.165) is 35.4 Å². The Kier molecular flexibility index (Phi) is 4.02. The smallest absolute Gasteiger partial charge is 0.125 e. The molecule has 1 atom stereocenters. The first-order chi connectivity index (χ1) is 10.3. The Morgan fingerprint density at radius 3 is 2.81 bits per heavy atom. The van der Waals surface area contributed by atoms with Gasteiger partial charge in [0.1, 0.15) is 11.5 Å². The third kappa shape index (κ3) is 2.83. The van der Waals surface area contributed by atoms with Crippen LogP contribution < -0.4 is 5.32 Å². The van der Waals surface area contributed by atoms with Crippen molar-refractivity contribution < 1.29 is 4.42 Å². The second-order valence-corrected chi connectivity index (χ2v) is 5.10. The second kappa shape index (κ2) is 6.10. The predicted octanol–water partition coefficient (Wildman–Crippen LogP) is 4.09. The number of nitrogens with one attached hydrogen (secondary N) is 1. The van der Waals surface area contributed by atoms with Crippen LogP contribution in [0, 0.1) is 0 Å². The summed E-state index contributed by atoms with van der Waals surface area (Å²) in [5, 5.41) is 4.65. The molecule has 3 rings (SSSR count). The van der Waals surface area contributed by atoms with Crippen molar-refractivity contribution in [3.63, 3.8) is 0 Å². The fourth-order valence-corrected chi connectivity index (χ4v) is 2.59. The molecule has 0 fully saturated rings. The maximum absolute atomic E-state index is 5.93. The number of benzene rings is 1. The van der Waals surface area contributed by atoms with E-state index in [-0.39, 0.29) is 6.04 Å². The van der Waals surface area contributed by atoms with E-state index in [4.69, 9.17) is 4.42 Å². The Bertz CT molecular complexity index is 733. The number of aromatic nitrogens is 1. The summed E-state index contributed by atoms with van der Waals surface area (Å²) in [6.45, 7) is 5.09. The number of furan rings is 1. The van der Waals surface area contributed by atoms with Crippen molar-refractivity contribution in [2.24, 2.45) is 0 Å². The Balaban J connectivity index is 2.01. The molecule has 21 heavy (non-hydrogen) atoms. The monoisotopic (exact) mass is 280 g/mol. The number of nitrogens with zero attached hydrogens (tertiary/aromatic N) is 1. The molecule has 0 aliphatic heterocycles. The zero-order valence-electron chi connectivity index (χ0n) is 12.5. The van der Waals surface area contributed by atoms with Crippen LogP contribution in [0.5, 0.6) is 0 Å². The van der Waals surface area contributed by atoms with Gasteiger partial charge in [-0.15, -0.1) is 0 Å². The van der Waals surface area contributed by atoms with E-state index in [1.807, 2.05) is 12.3 Å². The lowest BCUT2D eigenvalue weighted by Gasteiger charge is -2.16. The normalized spacial score (nSPS) is 12.7. The minimum atomic E-state index is 0.0710. The van der Waals surface area contributed by atoms with Gasteiger partial charge in [0.05, 0.1) is 11.6 Å². The van der Waals surface area contributed by atoms with Gasteiger partial charge in [0.25, 0.3) is 0 Å². The highest BCUT2D eigenvalue weighted by atomic mass is 16.3. The molecule has 1 unspecified atom stereocenters. The number of aryl methyl sites for hydroxylation is 1. The Morgan fingerprint density at radius 2 is 2.05 bits per heavy atom. The molecular formula is C18H20N2O. The maximum atomic E-state index is 5.93. The highest BCUT2D eigenvalue weighted by molar-refractivity contribution is 5.79. The highest BCUT2D eigenvalue weighted by Gasteiger charge is 2.17. The van der Waals surface area contributed by atoms with Crippen molar-refractivity contribution >= 4 is 10.9 Å². The molecule has 0 radical (unpaired) electrons. The van der Waals surface area contributed by atoms with Crippen LogP contribution in [-0.4, -0.2) is 11.5 Å². The van der Waals surface area contributed by atoms with Gasteiger partial charge >= 0.3 is 0 Å². The molecule has 108 valence electrons. The topological polar surface area (TPSA) is 38.1 Å². The summed E-state index contributed by atoms with van der Waals surface area (Å²) in [4.78, 5) is 4.44. The van der Waals surface area contributed by atoms with Crippen LogP contribution in [-0.2, 0) is 6.42 Å². The Hall–Kier alpha value is -2.13. The molecule has 3 nitrogen and oxygen atoms in total. The molecule has 0 saturated heterocycles. The Morgan fingerprint density at radius 1 is 1.14 bits per heavy atom. The summed E-state index contributed by atoms with van der Waals surface area (Å²) in [7, 11) is 0. The minimum Gasteiger partial charge on any atom is -0.464 e. The fraction of sp³-hybridized carbons (Fsp3) is 0.278. The molecule has 2 aromatic heterocycles. The summed E-state index contributed by atoms with van der Waals surface area (Å²) in [6, 6.07) is 14.6. The van der Waals surface area contributed by atoms with Gasteiger partial charge in [0.2, 0.25) is 0 Å². The van der Waals surface area contributed by atoms with Gasteiger partial charge in [0.15, 0.2) is 0 Å². The zero-order valence-corrected chi connectivity index (χ0v) is 12.5. The first-order valence-corrected chi connectivity index (χ1v) is 7.48. The van der Waals surface area contributed by atoms with Crippen LogP contribution in [0.2, 0.25) is 0 Å². The van der Waals surface area contributed by atoms with Gasteiger partial charge in [-0.3, -0.25) is 4.98 Å². The predicted molar refractivity (Wildman–Crippen MR) is 85.3 cm³/mol. The largest absolute Gasteiger partial charge is 0.464 e. The minimum absolute atomic E-state index is 0.0710. The number of hydrogen-bond acceptors (Lipinski definition) is 3. The first-order valence-electron chi connectivity index (χ1n) is 7.48. The molecule has 0 aliphatic rings. The molecule has 0 aliphatic carbocycles. The SMILES string of the molecule is CCNC(c1ccc2cccnc2c1)c1ccc(CC)o1. The average molecular weight is 280 g/mol. The van der Waals surface area contributed by atoms with E-state index in [1.54, 1.807) is 0 Å². The fourth-order valence-electron chi connectivity index (χ4n) is 2.59. The van der Waals surface area contributed by atoms with Crippen molar-refractivity contribution in [3.05, 3.63) is 65.7 Å². The average Bonchev–Trinajstić information content (AvgIpc) is 3.01. The Labute approximate surface area is 125 Å². The summed E-state index contributed by atoms with van der Waals surface area (Å²) >= 11 is 0. The van der Waals surface area contributed by atoms with Gasteiger partial charge in [-0.2, -0.15) is 0 Å². The quantitative estimate of drug-likeness (QED) is 0.765. The van der Waals surface area contributed by atoms with Gasteiger partial charge < -0.3 is 9.73 Å². The van der Waals surface area contributed by atoms with Crippen molar-refractivity contribution in [2.45, 2.75) is 26.3 Å². The maximum Gasteiger partial charge on any atom is 0.125 e. The summed E-state index contributed by atoms with van der Waals surface area (Å²) in [5.74, 6) is 1.98. The summed E-state index contributed by atoms with van der Waals surface area (Å²) < 4.78 is 5.93. The van der Waals surface area contributed by atoms with Crippen LogP contribution in [0.15, 0.2) is 53.1 Å². The molecule has 3 heteroatoms. The third-order valence-corrected chi connectivity index (χ3v) is 3.69.